The molecule has 0 aliphatic carbocycles. The molecule has 1 N–H and O–H groups in total. The van der Waals surface area contributed by atoms with Crippen molar-refractivity contribution in [2.24, 2.45) is 5.92 Å². The van der Waals surface area contributed by atoms with E-state index in [1.807, 2.05) is 103 Å². The number of amides is 1. The second kappa shape index (κ2) is 18.2. The average Bonchev–Trinajstić information content (AvgIpc) is 3.18. The van der Waals surface area contributed by atoms with Crippen molar-refractivity contribution in [2.75, 3.05) is 17.7 Å². The summed E-state index contributed by atoms with van der Waals surface area (Å²) in [6, 6.07) is 38.5. The van der Waals surface area contributed by atoms with Crippen molar-refractivity contribution in [2.45, 2.75) is 58.0 Å². The molecule has 5 aromatic rings. The van der Waals surface area contributed by atoms with Gasteiger partial charge in [-0.1, -0.05) is 84.9 Å². The standard InChI is InChI=1S/C44H45FN2O7S/c1-31(48)54-41(35-17-19-36(45)20-18-35)26-25-40-43(47(44(40)49)37-21-15-32(16-22-37)14-9-27-46-55(2,50)51)39-24-23-38(52-29-33-10-5-3-6-11-33)28-42(39)53-30-34-12-7-4-8-13-34/h3-8,10-13,15-24,28,40-41,43,46H,9,14,25-27,29-30H2,1-2H3/t40-,41+,43-/m1/s1. The highest BCUT2D eigenvalue weighted by Gasteiger charge is 2.49. The number of esters is 1. The van der Waals surface area contributed by atoms with E-state index in [-0.39, 0.29) is 5.91 Å². The summed E-state index contributed by atoms with van der Waals surface area (Å²) in [5.74, 6) is -0.254. The first kappa shape index (κ1) is 39.2. The van der Waals surface area contributed by atoms with Gasteiger partial charge in [0.05, 0.1) is 18.2 Å². The molecule has 3 atom stereocenters. The first-order valence-electron chi connectivity index (χ1n) is 18.3. The van der Waals surface area contributed by atoms with Gasteiger partial charge in [0.15, 0.2) is 0 Å². The number of halogens is 1. The Bertz CT molecular complexity index is 2150. The van der Waals surface area contributed by atoms with Crippen LogP contribution in [0.15, 0.2) is 127 Å². The second-order valence-electron chi connectivity index (χ2n) is 13.7. The fraction of sp³-hybridized carbons (Fsp3) is 0.273. The van der Waals surface area contributed by atoms with Gasteiger partial charge in [0.2, 0.25) is 15.9 Å². The number of nitrogens with one attached hydrogen (secondary N) is 1. The van der Waals surface area contributed by atoms with E-state index in [0.717, 1.165) is 28.5 Å². The molecule has 1 amide bonds. The summed E-state index contributed by atoms with van der Waals surface area (Å²) >= 11 is 0. The number of sulfonamides is 1. The molecule has 1 fully saturated rings. The Morgan fingerprint density at radius 2 is 1.45 bits per heavy atom. The van der Waals surface area contributed by atoms with Crippen molar-refractivity contribution < 1.29 is 36.6 Å². The van der Waals surface area contributed by atoms with Gasteiger partial charge < -0.3 is 19.1 Å². The highest BCUT2D eigenvalue weighted by atomic mass is 32.2. The number of nitrogens with zero attached hydrogens (tertiary/aromatic N) is 1. The maximum atomic E-state index is 14.2. The Hall–Kier alpha value is -5.52. The summed E-state index contributed by atoms with van der Waals surface area (Å²) in [6.45, 7) is 2.33. The smallest absolute Gasteiger partial charge is 0.303 e. The number of anilines is 1. The van der Waals surface area contributed by atoms with Crippen LogP contribution in [0.5, 0.6) is 11.5 Å². The van der Waals surface area contributed by atoms with E-state index in [9.17, 15) is 22.4 Å². The molecule has 1 aliphatic heterocycles. The van der Waals surface area contributed by atoms with Gasteiger partial charge in [-0.05, 0) is 84.3 Å². The maximum absolute atomic E-state index is 14.2. The van der Waals surface area contributed by atoms with Crippen LogP contribution in [0, 0.1) is 11.7 Å². The maximum Gasteiger partial charge on any atom is 0.303 e. The van der Waals surface area contributed by atoms with Gasteiger partial charge in [0.1, 0.15) is 36.6 Å². The lowest BCUT2D eigenvalue weighted by molar-refractivity contribution is -0.147. The number of hydrogen-bond acceptors (Lipinski definition) is 7. The SMILES string of the molecule is CC(=O)O[C@@H](CC[C@H]1C(=O)N(c2ccc(CCCNS(C)(=O)=O)cc2)[C@@H]1c1ccc(OCc2ccccc2)cc1OCc1ccccc1)c1ccc(F)cc1. The van der Waals surface area contributed by atoms with Crippen LogP contribution in [0.2, 0.25) is 0 Å². The highest BCUT2D eigenvalue weighted by molar-refractivity contribution is 7.88. The number of benzene rings is 5. The predicted molar refractivity (Wildman–Crippen MR) is 209 cm³/mol. The Balaban J connectivity index is 1.30. The monoisotopic (exact) mass is 764 g/mol. The van der Waals surface area contributed by atoms with Gasteiger partial charge in [0.25, 0.3) is 0 Å². The summed E-state index contributed by atoms with van der Waals surface area (Å²) < 4.78 is 57.7. The molecule has 1 saturated heterocycles. The Labute approximate surface area is 322 Å². The Morgan fingerprint density at radius 3 is 2.07 bits per heavy atom. The number of rotatable bonds is 18. The summed E-state index contributed by atoms with van der Waals surface area (Å²) in [5, 5.41) is 0. The van der Waals surface area contributed by atoms with Crippen LogP contribution in [0.3, 0.4) is 0 Å². The molecule has 0 bridgehead atoms. The zero-order chi connectivity index (χ0) is 38.8. The predicted octanol–water partition coefficient (Wildman–Crippen LogP) is 8.25. The molecule has 1 aliphatic rings. The topological polar surface area (TPSA) is 111 Å². The highest BCUT2D eigenvalue weighted by Crippen LogP contribution is 2.49. The van der Waals surface area contributed by atoms with Crippen molar-refractivity contribution in [1.82, 2.24) is 4.72 Å². The zero-order valence-electron chi connectivity index (χ0n) is 30.9. The molecule has 1 heterocycles. The van der Waals surface area contributed by atoms with Crippen molar-refractivity contribution >= 4 is 27.6 Å². The molecule has 286 valence electrons. The number of aryl methyl sites for hydroxylation is 1. The largest absolute Gasteiger partial charge is 0.489 e. The average molecular weight is 765 g/mol. The van der Waals surface area contributed by atoms with E-state index in [4.69, 9.17) is 14.2 Å². The van der Waals surface area contributed by atoms with E-state index in [1.54, 1.807) is 17.0 Å². The molecule has 0 unspecified atom stereocenters. The molecule has 55 heavy (non-hydrogen) atoms. The summed E-state index contributed by atoms with van der Waals surface area (Å²) in [7, 11) is -3.26. The van der Waals surface area contributed by atoms with Crippen LogP contribution in [-0.4, -0.2) is 33.1 Å². The lowest BCUT2D eigenvalue weighted by atomic mass is 9.77. The minimum atomic E-state index is -3.26. The van der Waals surface area contributed by atoms with E-state index in [2.05, 4.69) is 4.72 Å². The first-order valence-corrected chi connectivity index (χ1v) is 20.2. The minimum Gasteiger partial charge on any atom is -0.489 e. The van der Waals surface area contributed by atoms with Crippen LogP contribution in [0.4, 0.5) is 10.1 Å². The van der Waals surface area contributed by atoms with Crippen LogP contribution < -0.4 is 19.1 Å². The number of ether oxygens (including phenoxy) is 3. The number of β-lactam (4-membered cyclic amide) rings is 1. The van der Waals surface area contributed by atoms with Gasteiger partial charge in [0, 0.05) is 30.8 Å². The molecule has 11 heteroatoms. The third kappa shape index (κ3) is 10.8. The molecular formula is C44H45FN2O7S. The Kier molecular flexibility index (Phi) is 13.0. The fourth-order valence-corrected chi connectivity index (χ4v) is 7.31. The van der Waals surface area contributed by atoms with E-state index in [0.29, 0.717) is 68.2 Å². The number of carbonyl (C=O) groups excluding carboxylic acids is 2. The number of hydrogen-bond donors (Lipinski definition) is 1. The van der Waals surface area contributed by atoms with Gasteiger partial charge >= 0.3 is 5.97 Å². The summed E-state index contributed by atoms with van der Waals surface area (Å²) in [4.78, 5) is 28.1. The molecule has 6 rings (SSSR count). The lowest BCUT2D eigenvalue weighted by Gasteiger charge is -2.48. The quantitative estimate of drug-likeness (QED) is 0.0544. The van der Waals surface area contributed by atoms with E-state index >= 15 is 0 Å². The second-order valence-corrected chi connectivity index (χ2v) is 15.5. The van der Waals surface area contributed by atoms with Crippen LogP contribution >= 0.6 is 0 Å². The van der Waals surface area contributed by atoms with Gasteiger partial charge in [-0.25, -0.2) is 17.5 Å². The van der Waals surface area contributed by atoms with Crippen molar-refractivity contribution in [3.63, 3.8) is 0 Å². The van der Waals surface area contributed by atoms with Crippen LogP contribution in [0.25, 0.3) is 0 Å². The summed E-state index contributed by atoms with van der Waals surface area (Å²) in [6.07, 6.45) is 2.47. The molecular weight excluding hydrogens is 720 g/mol. The third-order valence-corrected chi connectivity index (χ3v) is 10.2. The lowest BCUT2D eigenvalue weighted by Crippen LogP contribution is -2.55. The molecule has 0 spiro atoms. The Morgan fingerprint density at radius 1 is 0.818 bits per heavy atom. The van der Waals surface area contributed by atoms with Gasteiger partial charge in [-0.15, -0.1) is 0 Å². The van der Waals surface area contributed by atoms with E-state index < -0.39 is 39.9 Å². The normalized spacial score (nSPS) is 15.9. The molecule has 0 aromatic heterocycles. The van der Waals surface area contributed by atoms with E-state index in [1.165, 1.54) is 19.1 Å². The van der Waals surface area contributed by atoms with Crippen molar-refractivity contribution in [3.05, 3.63) is 161 Å². The molecule has 0 radical (unpaired) electrons. The third-order valence-electron chi connectivity index (χ3n) is 9.51. The first-order chi connectivity index (χ1) is 26.5. The van der Waals surface area contributed by atoms with Crippen LogP contribution in [0.1, 0.15) is 66.1 Å². The molecule has 0 saturated carbocycles. The summed E-state index contributed by atoms with van der Waals surface area (Å²) in [5.41, 5.74) is 5.16. The van der Waals surface area contributed by atoms with Gasteiger partial charge in [-0.3, -0.25) is 9.59 Å². The van der Waals surface area contributed by atoms with Crippen molar-refractivity contribution in [3.8, 4) is 11.5 Å². The number of carbonyl (C=O) groups is 2. The molecule has 5 aromatic carbocycles. The fourth-order valence-electron chi connectivity index (χ4n) is 6.80. The van der Waals surface area contributed by atoms with Crippen LogP contribution in [-0.2, 0) is 44.0 Å². The zero-order valence-corrected chi connectivity index (χ0v) is 31.7. The molecule has 9 nitrogen and oxygen atoms in total. The van der Waals surface area contributed by atoms with Gasteiger partial charge in [-0.2, -0.15) is 0 Å². The van der Waals surface area contributed by atoms with Crippen molar-refractivity contribution in [1.29, 1.82) is 0 Å². The minimum absolute atomic E-state index is 0.0887.